The molecule has 2 amide bonds. The number of nitrogens with one attached hydrogen (secondary N) is 1. The van der Waals surface area contributed by atoms with Gasteiger partial charge in [-0.2, -0.15) is 18.2 Å². The summed E-state index contributed by atoms with van der Waals surface area (Å²) in [5.41, 5.74) is 0.0589. The number of alkyl halides is 3. The third kappa shape index (κ3) is 5.70. The Bertz CT molecular complexity index is 1380. The molecule has 206 valence electrons. The topological polar surface area (TPSA) is 124 Å². The van der Waals surface area contributed by atoms with E-state index in [0.717, 1.165) is 25.1 Å². The molecule has 14 heteroatoms. The minimum atomic E-state index is -4.54. The molecule has 0 aliphatic carbocycles. The highest BCUT2D eigenvalue weighted by Crippen LogP contribution is 2.43. The molecule has 2 aliphatic rings. The first kappa shape index (κ1) is 26.9. The molecular weight excluding hydrogens is 541 g/mol. The van der Waals surface area contributed by atoms with E-state index in [4.69, 9.17) is 21.4 Å². The van der Waals surface area contributed by atoms with Gasteiger partial charge in [-0.05, 0) is 31.0 Å². The third-order valence-electron chi connectivity index (χ3n) is 6.43. The first-order valence-corrected chi connectivity index (χ1v) is 12.5. The number of piperidine rings is 1. The zero-order valence-electron chi connectivity index (χ0n) is 20.4. The van der Waals surface area contributed by atoms with Crippen molar-refractivity contribution in [2.45, 2.75) is 31.2 Å². The number of carbonyl (C=O) groups excluding carboxylic acids is 1. The monoisotopic (exact) mass is 564 g/mol. The van der Waals surface area contributed by atoms with Gasteiger partial charge in [0.05, 0.1) is 47.0 Å². The minimum Gasteiger partial charge on any atom is -0.474 e. The van der Waals surface area contributed by atoms with Gasteiger partial charge in [-0.15, -0.1) is 0 Å². The van der Waals surface area contributed by atoms with E-state index in [2.05, 4.69) is 25.2 Å². The zero-order valence-corrected chi connectivity index (χ0v) is 21.2. The van der Waals surface area contributed by atoms with Crippen molar-refractivity contribution in [3.05, 3.63) is 53.3 Å². The van der Waals surface area contributed by atoms with Gasteiger partial charge in [0.25, 0.3) is 0 Å². The van der Waals surface area contributed by atoms with Crippen LogP contribution in [0.3, 0.4) is 0 Å². The van der Waals surface area contributed by atoms with E-state index in [9.17, 15) is 23.1 Å². The Balaban J connectivity index is 1.48. The molecule has 5 rings (SSSR count). The number of pyridine rings is 1. The van der Waals surface area contributed by atoms with Crippen LogP contribution in [0.2, 0.25) is 5.02 Å². The number of anilines is 3. The highest BCUT2D eigenvalue weighted by atomic mass is 35.5. The summed E-state index contributed by atoms with van der Waals surface area (Å²) in [6, 6.07) is 5.53. The van der Waals surface area contributed by atoms with Crippen LogP contribution in [0.15, 0.2) is 42.7 Å². The van der Waals surface area contributed by atoms with Gasteiger partial charge in [-0.3, -0.25) is 15.2 Å². The zero-order chi connectivity index (χ0) is 27.7. The van der Waals surface area contributed by atoms with E-state index in [-0.39, 0.29) is 46.4 Å². The number of urea groups is 1. The van der Waals surface area contributed by atoms with Crippen LogP contribution in [0, 0.1) is 0 Å². The Morgan fingerprint density at radius 2 is 2.08 bits per heavy atom. The Morgan fingerprint density at radius 3 is 2.85 bits per heavy atom. The smallest absolute Gasteiger partial charge is 0.416 e. The molecule has 2 aliphatic heterocycles. The summed E-state index contributed by atoms with van der Waals surface area (Å²) in [4.78, 5) is 29.9. The number of aliphatic hydroxyl groups is 2. The molecule has 1 aromatic carbocycles. The maximum atomic E-state index is 13.6. The van der Waals surface area contributed by atoms with Gasteiger partial charge in [0.2, 0.25) is 5.88 Å². The third-order valence-corrected chi connectivity index (χ3v) is 6.72. The highest BCUT2D eigenvalue weighted by molar-refractivity contribution is 6.33. The summed E-state index contributed by atoms with van der Waals surface area (Å²) in [5, 5.41) is 21.3. The van der Waals surface area contributed by atoms with Crippen molar-refractivity contribution in [2.75, 3.05) is 41.4 Å². The molecular formula is C25H24ClF3N6O4. The molecule has 0 radical (unpaired) electrons. The minimum absolute atomic E-state index is 0.0277. The number of halogens is 4. The molecule has 10 nitrogen and oxygen atoms in total. The van der Waals surface area contributed by atoms with Crippen molar-refractivity contribution in [3.8, 4) is 17.1 Å². The fourth-order valence-electron chi connectivity index (χ4n) is 4.63. The molecule has 2 atom stereocenters. The number of fused-ring (bicyclic) bond motifs is 4. The summed E-state index contributed by atoms with van der Waals surface area (Å²) in [6.07, 6.45) is -1.53. The predicted octanol–water partition coefficient (Wildman–Crippen LogP) is 3.96. The largest absolute Gasteiger partial charge is 0.474 e. The number of aromatic nitrogens is 3. The van der Waals surface area contributed by atoms with Crippen molar-refractivity contribution >= 4 is 35.0 Å². The summed E-state index contributed by atoms with van der Waals surface area (Å²) >= 11 is 6.52. The van der Waals surface area contributed by atoms with Crippen LogP contribution in [0.4, 0.5) is 35.3 Å². The standard InChI is InChI=1S/C25H24ClF3N6O4/c26-18-8-19-23(33-22(18)14-3-1-4-15(7-14)25(27,28)29)35(16-5-2-6-34(19)11-16)24(38)32-20-9-30-10-21(31-20)39-13-17(37)12-36/h1,3-4,7-10,16-17,36-37H,2,5-6,11-13H2,(H,31,32,38)/t16-,17?/m0/s1. The van der Waals surface area contributed by atoms with Crippen LogP contribution in [-0.2, 0) is 6.18 Å². The van der Waals surface area contributed by atoms with Gasteiger partial charge in [0.1, 0.15) is 12.7 Å². The van der Waals surface area contributed by atoms with E-state index in [1.54, 1.807) is 6.07 Å². The van der Waals surface area contributed by atoms with Gasteiger partial charge < -0.3 is 19.8 Å². The first-order chi connectivity index (χ1) is 18.6. The van der Waals surface area contributed by atoms with Crippen LogP contribution >= 0.6 is 11.6 Å². The molecule has 1 unspecified atom stereocenters. The van der Waals surface area contributed by atoms with Crippen molar-refractivity contribution in [2.24, 2.45) is 0 Å². The van der Waals surface area contributed by atoms with Crippen molar-refractivity contribution in [1.29, 1.82) is 0 Å². The molecule has 2 aromatic heterocycles. The van der Waals surface area contributed by atoms with Crippen molar-refractivity contribution in [1.82, 2.24) is 15.0 Å². The molecule has 1 saturated heterocycles. The summed E-state index contributed by atoms with van der Waals surface area (Å²) in [6.45, 7) is 0.554. The van der Waals surface area contributed by atoms with Gasteiger partial charge >= 0.3 is 12.2 Å². The van der Waals surface area contributed by atoms with Crippen molar-refractivity contribution < 1.29 is 32.9 Å². The maximum Gasteiger partial charge on any atom is 0.416 e. The average Bonchev–Trinajstić information content (AvgIpc) is 2.92. The van der Waals surface area contributed by atoms with Gasteiger partial charge in [-0.25, -0.2) is 9.78 Å². The van der Waals surface area contributed by atoms with Crippen LogP contribution in [0.5, 0.6) is 5.88 Å². The quantitative estimate of drug-likeness (QED) is 0.411. The second kappa shape index (κ2) is 10.8. The lowest BCUT2D eigenvalue weighted by Crippen LogP contribution is -2.56. The van der Waals surface area contributed by atoms with Crippen LogP contribution < -0.4 is 19.9 Å². The van der Waals surface area contributed by atoms with Gasteiger partial charge in [-0.1, -0.05) is 23.7 Å². The molecule has 3 aromatic rings. The average molecular weight is 565 g/mol. The number of ether oxygens (including phenoxy) is 1. The summed E-state index contributed by atoms with van der Waals surface area (Å²) in [5.74, 6) is 0.370. The number of carbonyl (C=O) groups is 1. The Morgan fingerprint density at radius 1 is 1.26 bits per heavy atom. The highest BCUT2D eigenvalue weighted by Gasteiger charge is 2.39. The fraction of sp³-hybridized carbons (Fsp3) is 0.360. The van der Waals surface area contributed by atoms with E-state index < -0.39 is 30.5 Å². The summed E-state index contributed by atoms with van der Waals surface area (Å²) in [7, 11) is 0. The Hall–Kier alpha value is -3.68. The lowest BCUT2D eigenvalue weighted by molar-refractivity contribution is -0.137. The fourth-order valence-corrected chi connectivity index (χ4v) is 4.88. The molecule has 39 heavy (non-hydrogen) atoms. The summed E-state index contributed by atoms with van der Waals surface area (Å²) < 4.78 is 45.4. The first-order valence-electron chi connectivity index (χ1n) is 12.1. The van der Waals surface area contributed by atoms with E-state index in [1.807, 2.05) is 0 Å². The van der Waals surface area contributed by atoms with Crippen LogP contribution in [0.25, 0.3) is 11.3 Å². The predicted molar refractivity (Wildman–Crippen MR) is 137 cm³/mol. The maximum absolute atomic E-state index is 13.6. The SMILES string of the molecule is O=C(Nc1cncc(OCC(O)CO)n1)N1c2nc(-c3cccc(C(F)(F)F)c3)c(Cl)cc2N2CCC[C@H]1C2. The normalized spacial score (nSPS) is 17.4. The number of benzene rings is 1. The Kier molecular flexibility index (Phi) is 7.47. The second-order valence-electron chi connectivity index (χ2n) is 9.17. The van der Waals surface area contributed by atoms with Gasteiger partial charge in [0.15, 0.2) is 11.6 Å². The van der Waals surface area contributed by atoms with Crippen LogP contribution in [0.1, 0.15) is 18.4 Å². The number of nitrogens with zero attached hydrogens (tertiary/aromatic N) is 5. The molecule has 0 saturated carbocycles. The van der Waals surface area contributed by atoms with Crippen LogP contribution in [-0.4, -0.2) is 69.6 Å². The Labute approximate surface area is 226 Å². The molecule has 3 N–H and O–H groups in total. The van der Waals surface area contributed by atoms with E-state index in [0.29, 0.717) is 18.7 Å². The number of rotatable bonds is 6. The number of amides is 2. The lowest BCUT2D eigenvalue weighted by Gasteiger charge is -2.46. The second-order valence-corrected chi connectivity index (χ2v) is 9.58. The lowest BCUT2D eigenvalue weighted by atomic mass is 9.99. The van der Waals surface area contributed by atoms with Crippen molar-refractivity contribution in [3.63, 3.8) is 0 Å². The molecule has 0 spiro atoms. The molecule has 2 bridgehead atoms. The molecule has 1 fully saturated rings. The number of aliphatic hydroxyl groups excluding tert-OH is 2. The van der Waals surface area contributed by atoms with Gasteiger partial charge in [0, 0.05) is 18.7 Å². The molecule has 4 heterocycles. The number of hydrogen-bond donors (Lipinski definition) is 3. The van der Waals surface area contributed by atoms with E-state index >= 15 is 0 Å². The van der Waals surface area contributed by atoms with E-state index in [1.165, 1.54) is 29.4 Å². The number of hydrogen-bond acceptors (Lipinski definition) is 8.